The van der Waals surface area contributed by atoms with Crippen LogP contribution in [0.3, 0.4) is 0 Å². The normalized spacial score (nSPS) is 17.5. The lowest BCUT2D eigenvalue weighted by molar-refractivity contribution is -0.206. The van der Waals surface area contributed by atoms with E-state index < -0.39 is 16.6 Å². The van der Waals surface area contributed by atoms with E-state index in [4.69, 9.17) is 4.84 Å². The van der Waals surface area contributed by atoms with E-state index in [1.54, 1.807) is 6.26 Å². The fourth-order valence-corrected chi connectivity index (χ4v) is 3.62. The van der Waals surface area contributed by atoms with Crippen molar-refractivity contribution in [3.63, 3.8) is 0 Å². The molecular formula is C21H34N2O3S. The zero-order chi connectivity index (χ0) is 19.9. The summed E-state index contributed by atoms with van der Waals surface area (Å²) in [5.41, 5.74) is 0.635. The average Bonchev–Trinajstić information content (AvgIpc) is 2.62. The number of carbonyl (C=O) groups excluding carboxylic acids is 1. The second-order valence-electron chi connectivity index (χ2n) is 8.40. The van der Waals surface area contributed by atoms with Crippen LogP contribution in [0.25, 0.3) is 0 Å². The van der Waals surface area contributed by atoms with Gasteiger partial charge in [-0.3, -0.25) is 0 Å². The van der Waals surface area contributed by atoms with E-state index in [-0.39, 0.29) is 5.97 Å². The highest BCUT2D eigenvalue weighted by Gasteiger charge is 2.28. The van der Waals surface area contributed by atoms with Crippen LogP contribution < -0.4 is 5.32 Å². The first-order valence-corrected chi connectivity index (χ1v) is 11.5. The van der Waals surface area contributed by atoms with Gasteiger partial charge in [-0.25, -0.2) is 4.79 Å². The Morgan fingerprint density at radius 3 is 2.41 bits per heavy atom. The number of rotatable bonds is 8. The molecule has 0 spiro atoms. The fraction of sp³-hybridized carbons (Fsp3) is 0.667. The van der Waals surface area contributed by atoms with Crippen LogP contribution in [0.1, 0.15) is 52.9 Å². The third kappa shape index (κ3) is 7.72. The van der Waals surface area contributed by atoms with Crippen LogP contribution in [-0.2, 0) is 20.8 Å². The number of unbranched alkanes of at least 4 members (excludes halogenated alkanes) is 1. The Bertz CT molecular complexity index is 576. The van der Waals surface area contributed by atoms with E-state index in [9.17, 15) is 9.35 Å². The predicted octanol–water partition coefficient (Wildman–Crippen LogP) is 4.22. The molecule has 0 bridgehead atoms. The van der Waals surface area contributed by atoms with Crippen LogP contribution >= 0.6 is 0 Å². The van der Waals surface area contributed by atoms with Gasteiger partial charge in [0.25, 0.3) is 0 Å². The van der Waals surface area contributed by atoms with Gasteiger partial charge in [-0.2, -0.15) is 0 Å². The number of hydrogen-bond acceptors (Lipinski definition) is 5. The Labute approximate surface area is 167 Å². The first-order valence-electron chi connectivity index (χ1n) is 9.90. The summed E-state index contributed by atoms with van der Waals surface area (Å²) < 4.78 is 11.4. The Hall–Kier alpha value is -1.24. The summed E-state index contributed by atoms with van der Waals surface area (Å²) in [6.45, 7) is 8.29. The molecule has 1 aromatic carbocycles. The molecule has 1 fully saturated rings. The van der Waals surface area contributed by atoms with E-state index >= 15 is 0 Å². The Kier molecular flexibility index (Phi) is 8.45. The summed E-state index contributed by atoms with van der Waals surface area (Å²) in [7, 11) is 0. The summed E-state index contributed by atoms with van der Waals surface area (Å²) in [5.74, 6) is 0.582. The van der Waals surface area contributed by atoms with Crippen LogP contribution in [0.4, 0.5) is 5.69 Å². The molecule has 1 aliphatic rings. The molecule has 0 aliphatic carbocycles. The van der Waals surface area contributed by atoms with Crippen LogP contribution in [0.2, 0.25) is 0 Å². The van der Waals surface area contributed by atoms with Crippen molar-refractivity contribution >= 4 is 22.8 Å². The van der Waals surface area contributed by atoms with E-state index in [1.807, 2.05) is 50.1 Å². The maximum atomic E-state index is 11.9. The molecule has 6 heteroatoms. The molecule has 5 nitrogen and oxygen atoms in total. The van der Waals surface area contributed by atoms with Crippen molar-refractivity contribution in [3.8, 4) is 0 Å². The van der Waals surface area contributed by atoms with Gasteiger partial charge in [0.15, 0.2) is 4.90 Å². The smallest absolute Gasteiger partial charge is 0.330 e. The summed E-state index contributed by atoms with van der Waals surface area (Å²) >= 11 is -0.919. The van der Waals surface area contributed by atoms with Gasteiger partial charge >= 0.3 is 5.97 Å². The third-order valence-corrected chi connectivity index (χ3v) is 5.89. The molecule has 0 aromatic heterocycles. The second-order valence-corrected chi connectivity index (χ2v) is 9.78. The molecule has 1 unspecified atom stereocenters. The number of hydroxylamine groups is 2. The summed E-state index contributed by atoms with van der Waals surface area (Å²) in [6, 6.07) is 7.81. The van der Waals surface area contributed by atoms with Crippen molar-refractivity contribution in [2.45, 2.75) is 57.8 Å². The van der Waals surface area contributed by atoms with Crippen molar-refractivity contribution in [1.29, 1.82) is 0 Å². The van der Waals surface area contributed by atoms with Gasteiger partial charge in [-0.1, -0.05) is 12.8 Å². The molecule has 27 heavy (non-hydrogen) atoms. The maximum Gasteiger partial charge on any atom is 0.330 e. The molecule has 0 amide bonds. The topological polar surface area (TPSA) is 64.6 Å². The van der Waals surface area contributed by atoms with Crippen molar-refractivity contribution in [3.05, 3.63) is 24.3 Å². The standard InChI is InChI=1S/C21H34N2O3S/c1-21(2,3)20(24)26-23-15-12-17(13-16-23)7-5-6-14-22-18-8-10-19(11-9-18)27(4)25/h8-11,17,22H,5-7,12-16H2,1-4H3. The van der Waals surface area contributed by atoms with Crippen LogP contribution in [-0.4, -0.2) is 41.5 Å². The van der Waals surface area contributed by atoms with E-state index in [0.717, 1.165) is 55.4 Å². The molecule has 1 atom stereocenters. The summed E-state index contributed by atoms with van der Waals surface area (Å²) in [6.07, 6.45) is 7.47. The minimum atomic E-state index is -0.919. The Balaban J connectivity index is 1.56. The Morgan fingerprint density at radius 1 is 1.22 bits per heavy atom. The largest absolute Gasteiger partial charge is 0.612 e. The number of nitrogens with zero attached hydrogens (tertiary/aromatic N) is 1. The van der Waals surface area contributed by atoms with Gasteiger partial charge < -0.3 is 14.7 Å². The summed E-state index contributed by atoms with van der Waals surface area (Å²) in [4.78, 5) is 18.3. The molecule has 1 aromatic rings. The SMILES string of the molecule is C[S+]([O-])c1ccc(NCCCCC2CCN(OC(=O)C(C)(C)C)CC2)cc1. The minimum Gasteiger partial charge on any atom is -0.612 e. The number of nitrogens with one attached hydrogen (secondary N) is 1. The van der Waals surface area contributed by atoms with Crippen molar-refractivity contribution in [2.75, 3.05) is 31.2 Å². The fourth-order valence-electron chi connectivity index (χ4n) is 3.10. The van der Waals surface area contributed by atoms with Crippen LogP contribution in [0.5, 0.6) is 0 Å². The van der Waals surface area contributed by atoms with Gasteiger partial charge in [0.2, 0.25) is 0 Å². The van der Waals surface area contributed by atoms with Crippen molar-refractivity contribution in [1.82, 2.24) is 5.06 Å². The molecule has 2 rings (SSSR count). The van der Waals surface area contributed by atoms with Gasteiger partial charge in [0, 0.05) is 25.3 Å². The number of anilines is 1. The molecule has 0 saturated carbocycles. The number of piperidine rings is 1. The van der Waals surface area contributed by atoms with Crippen LogP contribution in [0, 0.1) is 11.3 Å². The first kappa shape index (κ1) is 22.1. The van der Waals surface area contributed by atoms with E-state index in [2.05, 4.69) is 5.32 Å². The highest BCUT2D eigenvalue weighted by molar-refractivity contribution is 7.90. The molecule has 1 aliphatic heterocycles. The van der Waals surface area contributed by atoms with E-state index in [1.165, 1.54) is 12.8 Å². The lowest BCUT2D eigenvalue weighted by atomic mass is 9.92. The highest BCUT2D eigenvalue weighted by atomic mass is 32.2. The van der Waals surface area contributed by atoms with Gasteiger partial charge in [-0.15, -0.1) is 5.06 Å². The lowest BCUT2D eigenvalue weighted by Crippen LogP contribution is -2.38. The van der Waals surface area contributed by atoms with Crippen LogP contribution in [0.15, 0.2) is 29.2 Å². The predicted molar refractivity (Wildman–Crippen MR) is 111 cm³/mol. The highest BCUT2D eigenvalue weighted by Crippen LogP contribution is 2.24. The third-order valence-electron chi connectivity index (χ3n) is 4.95. The second kappa shape index (κ2) is 10.3. The monoisotopic (exact) mass is 394 g/mol. The molecule has 1 N–H and O–H groups in total. The number of benzene rings is 1. The molecule has 0 radical (unpaired) electrons. The minimum absolute atomic E-state index is 0.148. The summed E-state index contributed by atoms with van der Waals surface area (Å²) in [5, 5.41) is 5.26. The maximum absolute atomic E-state index is 11.9. The number of hydrogen-bond donors (Lipinski definition) is 1. The first-order chi connectivity index (χ1) is 12.8. The van der Waals surface area contributed by atoms with Crippen molar-refractivity contribution in [2.24, 2.45) is 11.3 Å². The zero-order valence-electron chi connectivity index (χ0n) is 17.1. The van der Waals surface area contributed by atoms with Gasteiger partial charge in [-0.05, 0) is 81.4 Å². The molecule has 1 saturated heterocycles. The molecule has 152 valence electrons. The zero-order valence-corrected chi connectivity index (χ0v) is 17.9. The van der Waals surface area contributed by atoms with E-state index in [0.29, 0.717) is 0 Å². The van der Waals surface area contributed by atoms with Gasteiger partial charge in [0.1, 0.15) is 6.26 Å². The van der Waals surface area contributed by atoms with Gasteiger partial charge in [0.05, 0.1) is 5.41 Å². The van der Waals surface area contributed by atoms with Crippen molar-refractivity contribution < 1.29 is 14.2 Å². The average molecular weight is 395 g/mol. The molecule has 1 heterocycles. The number of carbonyl (C=O) groups is 1. The quantitative estimate of drug-likeness (QED) is 0.528. The Morgan fingerprint density at radius 2 is 1.85 bits per heavy atom. The molecular weight excluding hydrogens is 360 g/mol. The lowest BCUT2D eigenvalue weighted by Gasteiger charge is -2.32.